The zero-order valence-corrected chi connectivity index (χ0v) is 16.7. The van der Waals surface area contributed by atoms with Gasteiger partial charge in [0.2, 0.25) is 5.56 Å². The summed E-state index contributed by atoms with van der Waals surface area (Å²) < 4.78 is 4.94. The molecule has 1 aromatic carbocycles. The van der Waals surface area contributed by atoms with Crippen LogP contribution >= 0.6 is 0 Å². The Labute approximate surface area is 176 Å². The van der Waals surface area contributed by atoms with Crippen molar-refractivity contribution in [2.75, 3.05) is 18.9 Å². The van der Waals surface area contributed by atoms with E-state index in [2.05, 4.69) is 15.0 Å². The van der Waals surface area contributed by atoms with Gasteiger partial charge in [-0.3, -0.25) is 9.59 Å². The van der Waals surface area contributed by atoms with E-state index in [9.17, 15) is 9.59 Å². The highest BCUT2D eigenvalue weighted by Crippen LogP contribution is 2.33. The van der Waals surface area contributed by atoms with Crippen molar-refractivity contribution in [3.05, 3.63) is 58.0 Å². The number of hydrogen-bond acceptors (Lipinski definition) is 6. The van der Waals surface area contributed by atoms with Crippen LogP contribution in [0, 0.1) is 5.41 Å². The van der Waals surface area contributed by atoms with Crippen LogP contribution in [0.2, 0.25) is 0 Å². The summed E-state index contributed by atoms with van der Waals surface area (Å²) in [5.74, 6) is -0.703. The summed E-state index contributed by atoms with van der Waals surface area (Å²) in [4.78, 5) is 33.7. The predicted octanol–water partition coefficient (Wildman–Crippen LogP) is 2.55. The summed E-state index contributed by atoms with van der Waals surface area (Å²) in [5.41, 5.74) is 14.3. The largest absolute Gasteiger partial charge is 0.398 e. The van der Waals surface area contributed by atoms with Gasteiger partial charge >= 0.3 is 0 Å². The van der Waals surface area contributed by atoms with Crippen molar-refractivity contribution in [1.82, 2.24) is 15.0 Å². The standard InChI is InChI=1S/C18H14N6O2.C4H8O/c19-7-9-10(20)4-5-12-15(9)8-6-13(11-2-1-3-14(25)22-11)24-17(18(21)26)16(8)23-12;1-2-4-5-3-1/h1-7,19,23H,20H2,(H2,21,26)(H,22,25);1-4H2. The fourth-order valence-corrected chi connectivity index (χ4v) is 3.61. The highest BCUT2D eigenvalue weighted by molar-refractivity contribution is 6.20. The second-order valence-electron chi connectivity index (χ2n) is 7.15. The van der Waals surface area contributed by atoms with Crippen LogP contribution in [0.3, 0.4) is 0 Å². The molecule has 0 bridgehead atoms. The molecule has 3 aromatic heterocycles. The number of rotatable bonds is 3. The molecule has 9 nitrogen and oxygen atoms in total. The average molecular weight is 418 g/mol. The Bertz CT molecular complexity index is 1340. The van der Waals surface area contributed by atoms with Crippen molar-refractivity contribution < 1.29 is 9.53 Å². The van der Waals surface area contributed by atoms with Gasteiger partial charge in [-0.25, -0.2) is 4.98 Å². The molecule has 4 heterocycles. The third-order valence-corrected chi connectivity index (χ3v) is 5.08. The molecule has 7 N–H and O–H groups in total. The number of anilines is 1. The molecule has 1 aliphatic heterocycles. The Hall–Kier alpha value is -3.98. The molecule has 0 atom stereocenters. The van der Waals surface area contributed by atoms with Gasteiger partial charge in [0, 0.05) is 53.0 Å². The van der Waals surface area contributed by atoms with Crippen molar-refractivity contribution in [1.29, 1.82) is 5.41 Å². The van der Waals surface area contributed by atoms with E-state index in [4.69, 9.17) is 21.6 Å². The van der Waals surface area contributed by atoms with E-state index in [1.54, 1.807) is 30.3 Å². The Morgan fingerprint density at radius 2 is 1.94 bits per heavy atom. The Balaban J connectivity index is 0.000000407. The monoisotopic (exact) mass is 418 g/mol. The third-order valence-electron chi connectivity index (χ3n) is 5.08. The van der Waals surface area contributed by atoms with Crippen LogP contribution in [0.1, 0.15) is 28.9 Å². The maximum atomic E-state index is 12.0. The summed E-state index contributed by atoms with van der Waals surface area (Å²) >= 11 is 0. The number of nitrogens with two attached hydrogens (primary N) is 2. The van der Waals surface area contributed by atoms with Crippen LogP contribution in [0.15, 0.2) is 41.2 Å². The molecule has 31 heavy (non-hydrogen) atoms. The van der Waals surface area contributed by atoms with Crippen LogP contribution in [-0.2, 0) is 4.74 Å². The van der Waals surface area contributed by atoms with Gasteiger partial charge in [0.25, 0.3) is 5.91 Å². The minimum absolute atomic E-state index is 0.0490. The lowest BCUT2D eigenvalue weighted by molar-refractivity contribution is 0.0997. The maximum Gasteiger partial charge on any atom is 0.269 e. The number of nitrogens with one attached hydrogen (secondary N) is 3. The molecular weight excluding hydrogens is 396 g/mol. The van der Waals surface area contributed by atoms with Gasteiger partial charge in [0.05, 0.1) is 16.9 Å². The zero-order valence-electron chi connectivity index (χ0n) is 16.7. The second kappa shape index (κ2) is 8.41. The van der Waals surface area contributed by atoms with Gasteiger partial charge in [-0.2, -0.15) is 0 Å². The molecular formula is C22H22N6O3. The number of aromatic amines is 2. The lowest BCUT2D eigenvalue weighted by Gasteiger charge is -2.06. The molecule has 0 unspecified atom stereocenters. The molecule has 4 aromatic rings. The number of nitrogen functional groups attached to an aromatic ring is 1. The number of benzene rings is 1. The molecule has 0 saturated carbocycles. The predicted molar refractivity (Wildman–Crippen MR) is 121 cm³/mol. The number of hydrogen-bond donors (Lipinski definition) is 5. The van der Waals surface area contributed by atoms with Crippen molar-refractivity contribution in [2.24, 2.45) is 5.73 Å². The van der Waals surface area contributed by atoms with Crippen LogP contribution in [0.5, 0.6) is 0 Å². The Morgan fingerprint density at radius 3 is 2.55 bits per heavy atom. The van der Waals surface area contributed by atoms with E-state index in [-0.39, 0.29) is 11.3 Å². The van der Waals surface area contributed by atoms with Gasteiger partial charge in [0.15, 0.2) is 5.69 Å². The first-order valence-corrected chi connectivity index (χ1v) is 9.82. The van der Waals surface area contributed by atoms with Crippen LogP contribution in [-0.4, -0.2) is 40.3 Å². The normalized spacial score (nSPS) is 13.2. The number of H-pyrrole nitrogens is 2. The molecule has 5 rings (SSSR count). The summed E-state index contributed by atoms with van der Waals surface area (Å²) in [6, 6.07) is 9.85. The van der Waals surface area contributed by atoms with E-state index in [1.165, 1.54) is 25.1 Å². The molecule has 1 fully saturated rings. The smallest absolute Gasteiger partial charge is 0.269 e. The van der Waals surface area contributed by atoms with Crippen molar-refractivity contribution in [3.63, 3.8) is 0 Å². The number of ether oxygens (including phenoxy) is 1. The molecule has 9 heteroatoms. The van der Waals surface area contributed by atoms with E-state index < -0.39 is 5.91 Å². The van der Waals surface area contributed by atoms with Crippen molar-refractivity contribution in [3.8, 4) is 11.4 Å². The summed E-state index contributed by atoms with van der Waals surface area (Å²) in [6.07, 6.45) is 3.72. The summed E-state index contributed by atoms with van der Waals surface area (Å²) in [7, 11) is 0. The Kier molecular flexibility index (Phi) is 5.50. The number of carbonyl (C=O) groups excluding carboxylic acids is 1. The SMILES string of the molecule is C1CCOC1.N=Cc1c(N)ccc2[nH]c3c(C(N)=O)nc(-c4cccc(=O)[nH]4)cc3c12. The summed E-state index contributed by atoms with van der Waals surface area (Å²) in [5, 5.41) is 9.03. The van der Waals surface area contributed by atoms with Crippen molar-refractivity contribution >= 4 is 39.6 Å². The van der Waals surface area contributed by atoms with Gasteiger partial charge in [-0.05, 0) is 37.1 Å². The number of fused-ring (bicyclic) bond motifs is 3. The van der Waals surface area contributed by atoms with Gasteiger partial charge < -0.3 is 31.6 Å². The third kappa shape index (κ3) is 3.90. The molecule has 1 aliphatic rings. The number of nitrogens with zero attached hydrogens (tertiary/aromatic N) is 1. The fraction of sp³-hybridized carbons (Fsp3) is 0.182. The number of aromatic nitrogens is 3. The first-order valence-electron chi connectivity index (χ1n) is 9.82. The maximum absolute atomic E-state index is 12.0. The topological polar surface area (TPSA) is 164 Å². The molecule has 158 valence electrons. The molecule has 1 saturated heterocycles. The number of primary amides is 1. The lowest BCUT2D eigenvalue weighted by Crippen LogP contribution is -2.14. The van der Waals surface area contributed by atoms with Gasteiger partial charge in [-0.15, -0.1) is 0 Å². The highest BCUT2D eigenvalue weighted by atomic mass is 16.5. The van der Waals surface area contributed by atoms with E-state index in [0.29, 0.717) is 44.4 Å². The van der Waals surface area contributed by atoms with Crippen LogP contribution in [0.25, 0.3) is 33.2 Å². The van der Waals surface area contributed by atoms with Crippen LogP contribution < -0.4 is 17.0 Å². The molecule has 0 aliphatic carbocycles. The first kappa shape index (κ1) is 20.3. The Morgan fingerprint density at radius 1 is 1.16 bits per heavy atom. The minimum atomic E-state index is -0.703. The second-order valence-corrected chi connectivity index (χ2v) is 7.15. The number of amides is 1. The molecule has 0 radical (unpaired) electrons. The van der Waals surface area contributed by atoms with Crippen LogP contribution in [0.4, 0.5) is 5.69 Å². The first-order chi connectivity index (χ1) is 15.0. The van der Waals surface area contributed by atoms with E-state index >= 15 is 0 Å². The molecule has 0 spiro atoms. The quantitative estimate of drug-likeness (QED) is 0.254. The summed E-state index contributed by atoms with van der Waals surface area (Å²) in [6.45, 7) is 2.00. The average Bonchev–Trinajstić information content (AvgIpc) is 3.45. The zero-order chi connectivity index (χ0) is 22.0. The molecule has 1 amide bonds. The van der Waals surface area contributed by atoms with Crippen molar-refractivity contribution in [2.45, 2.75) is 12.8 Å². The van der Waals surface area contributed by atoms with E-state index in [0.717, 1.165) is 13.2 Å². The van der Waals surface area contributed by atoms with E-state index in [1.807, 2.05) is 0 Å². The number of carbonyl (C=O) groups is 1. The highest BCUT2D eigenvalue weighted by Gasteiger charge is 2.18. The van der Waals surface area contributed by atoms with Gasteiger partial charge in [0.1, 0.15) is 0 Å². The fourth-order valence-electron chi connectivity index (χ4n) is 3.61. The lowest BCUT2D eigenvalue weighted by atomic mass is 10.0. The minimum Gasteiger partial charge on any atom is -0.398 e. The van der Waals surface area contributed by atoms with Gasteiger partial charge in [-0.1, -0.05) is 6.07 Å². The number of pyridine rings is 2.